The molecule has 0 saturated carbocycles. The van der Waals surface area contributed by atoms with E-state index in [0.717, 1.165) is 0 Å². The fraction of sp³-hybridized carbons (Fsp3) is 0.455. The van der Waals surface area contributed by atoms with Gasteiger partial charge in [-0.25, -0.2) is 4.98 Å². The fourth-order valence-electron chi connectivity index (χ4n) is 1.67. The molecule has 7 nitrogen and oxygen atoms in total. The number of anilines is 1. The smallest absolute Gasteiger partial charge is 0.243 e. The summed E-state index contributed by atoms with van der Waals surface area (Å²) in [7, 11) is 0. The Balaban J connectivity index is 2.14. The van der Waals surface area contributed by atoms with E-state index in [-0.39, 0.29) is 17.0 Å². The third-order valence-electron chi connectivity index (χ3n) is 2.54. The molecule has 102 valence electrons. The molecule has 0 radical (unpaired) electrons. The van der Waals surface area contributed by atoms with Gasteiger partial charge in [0.2, 0.25) is 11.9 Å². The zero-order valence-corrected chi connectivity index (χ0v) is 11.4. The van der Waals surface area contributed by atoms with Gasteiger partial charge in [-0.05, 0) is 12.3 Å². The highest BCUT2D eigenvalue weighted by molar-refractivity contribution is 6.33. The molecule has 0 unspecified atom stereocenters. The number of imidazole rings is 1. The molecule has 4 N–H and O–H groups in total. The predicted molar refractivity (Wildman–Crippen MR) is 72.8 cm³/mol. The molecule has 2 rings (SSSR count). The SMILES string of the molecule is CC(C)C[C@H](N)C(=O)Nc1nc(Cl)c2[nH]cnc2n1. The Labute approximate surface area is 115 Å². The topological polar surface area (TPSA) is 110 Å². The van der Waals surface area contributed by atoms with E-state index in [2.05, 4.69) is 25.3 Å². The molecule has 2 aromatic heterocycles. The van der Waals surface area contributed by atoms with Crippen LogP contribution in [0.4, 0.5) is 5.95 Å². The first-order chi connectivity index (χ1) is 8.97. The van der Waals surface area contributed by atoms with E-state index in [0.29, 0.717) is 23.5 Å². The second-order valence-corrected chi connectivity index (χ2v) is 5.02. The van der Waals surface area contributed by atoms with Crippen molar-refractivity contribution in [3.63, 3.8) is 0 Å². The van der Waals surface area contributed by atoms with Crippen molar-refractivity contribution in [2.24, 2.45) is 11.7 Å². The molecule has 19 heavy (non-hydrogen) atoms. The maximum atomic E-state index is 11.8. The number of aromatic amines is 1. The third-order valence-corrected chi connectivity index (χ3v) is 2.81. The number of nitrogens with one attached hydrogen (secondary N) is 2. The third kappa shape index (κ3) is 3.18. The van der Waals surface area contributed by atoms with Crippen molar-refractivity contribution >= 4 is 34.6 Å². The maximum absolute atomic E-state index is 11.8. The normalized spacial score (nSPS) is 12.9. The molecule has 1 amide bonds. The minimum Gasteiger partial charge on any atom is -0.341 e. The van der Waals surface area contributed by atoms with E-state index in [1.54, 1.807) is 0 Å². The molecule has 2 aromatic rings. The van der Waals surface area contributed by atoms with Crippen molar-refractivity contribution in [2.45, 2.75) is 26.3 Å². The van der Waals surface area contributed by atoms with E-state index in [1.165, 1.54) is 6.33 Å². The second-order valence-electron chi connectivity index (χ2n) is 4.66. The summed E-state index contributed by atoms with van der Waals surface area (Å²) in [5, 5.41) is 2.75. The van der Waals surface area contributed by atoms with Crippen LogP contribution in [0.15, 0.2) is 6.33 Å². The van der Waals surface area contributed by atoms with Crippen molar-refractivity contribution in [3.8, 4) is 0 Å². The Morgan fingerprint density at radius 1 is 1.53 bits per heavy atom. The zero-order valence-electron chi connectivity index (χ0n) is 10.6. The minimum atomic E-state index is -0.600. The summed E-state index contributed by atoms with van der Waals surface area (Å²) in [5.41, 5.74) is 6.70. The number of hydrogen-bond acceptors (Lipinski definition) is 5. The number of nitrogens with zero attached hydrogens (tertiary/aromatic N) is 3. The van der Waals surface area contributed by atoms with Gasteiger partial charge >= 0.3 is 0 Å². The Morgan fingerprint density at radius 3 is 2.95 bits per heavy atom. The van der Waals surface area contributed by atoms with E-state index in [1.807, 2.05) is 13.8 Å². The van der Waals surface area contributed by atoms with E-state index >= 15 is 0 Å². The Kier molecular flexibility index (Phi) is 3.96. The Hall–Kier alpha value is -1.73. The molecule has 0 aromatic carbocycles. The summed E-state index contributed by atoms with van der Waals surface area (Å²) in [5.74, 6) is 0.104. The van der Waals surface area contributed by atoms with Gasteiger partial charge in [0.1, 0.15) is 5.52 Å². The number of rotatable bonds is 4. The minimum absolute atomic E-state index is 0.105. The highest BCUT2D eigenvalue weighted by Crippen LogP contribution is 2.18. The Morgan fingerprint density at radius 2 is 2.26 bits per heavy atom. The van der Waals surface area contributed by atoms with Crippen molar-refractivity contribution in [1.82, 2.24) is 19.9 Å². The molecular formula is C11H15ClN6O. The summed E-state index contributed by atoms with van der Waals surface area (Å²) in [6.45, 7) is 3.99. The number of carbonyl (C=O) groups excluding carboxylic acids is 1. The first-order valence-corrected chi connectivity index (χ1v) is 6.28. The van der Waals surface area contributed by atoms with Crippen molar-refractivity contribution < 1.29 is 4.79 Å². The summed E-state index contributed by atoms with van der Waals surface area (Å²) in [4.78, 5) is 26.7. The quantitative estimate of drug-likeness (QED) is 0.733. The highest BCUT2D eigenvalue weighted by atomic mass is 35.5. The maximum Gasteiger partial charge on any atom is 0.243 e. The number of carbonyl (C=O) groups is 1. The molecule has 0 saturated heterocycles. The molecule has 2 heterocycles. The standard InChI is InChI=1S/C11H15ClN6O/c1-5(2)3-6(13)10(19)18-11-16-8(12)7-9(17-11)15-4-14-7/h4-6H,3,13H2,1-2H3,(H2,14,15,16,17,18,19)/t6-/m0/s1. The van der Waals surface area contributed by atoms with Crippen LogP contribution >= 0.6 is 11.6 Å². The molecule has 8 heteroatoms. The van der Waals surface area contributed by atoms with Gasteiger partial charge in [0, 0.05) is 0 Å². The van der Waals surface area contributed by atoms with Crippen molar-refractivity contribution in [1.29, 1.82) is 0 Å². The molecule has 0 aliphatic rings. The average Bonchev–Trinajstić information content (AvgIpc) is 2.76. The summed E-state index contributed by atoms with van der Waals surface area (Å²) in [6.07, 6.45) is 2.05. The van der Waals surface area contributed by atoms with E-state index in [9.17, 15) is 4.79 Å². The van der Waals surface area contributed by atoms with Crippen LogP contribution in [0, 0.1) is 5.92 Å². The summed E-state index contributed by atoms with van der Waals surface area (Å²) >= 11 is 5.95. The molecule has 0 aliphatic carbocycles. The van der Waals surface area contributed by atoms with Gasteiger partial charge in [-0.2, -0.15) is 9.97 Å². The van der Waals surface area contributed by atoms with Crippen molar-refractivity contribution in [2.75, 3.05) is 5.32 Å². The molecule has 0 spiro atoms. The number of fused-ring (bicyclic) bond motifs is 1. The van der Waals surface area contributed by atoms with Gasteiger partial charge in [0.15, 0.2) is 10.8 Å². The van der Waals surface area contributed by atoms with E-state index < -0.39 is 6.04 Å². The fourth-order valence-corrected chi connectivity index (χ4v) is 1.89. The summed E-state index contributed by atoms with van der Waals surface area (Å²) in [6, 6.07) is -0.600. The van der Waals surface area contributed by atoms with Gasteiger partial charge in [0.05, 0.1) is 12.4 Å². The average molecular weight is 283 g/mol. The number of nitrogens with two attached hydrogens (primary N) is 1. The van der Waals surface area contributed by atoms with Crippen LogP contribution in [0.5, 0.6) is 0 Å². The number of aromatic nitrogens is 4. The summed E-state index contributed by atoms with van der Waals surface area (Å²) < 4.78 is 0. The first-order valence-electron chi connectivity index (χ1n) is 5.90. The van der Waals surface area contributed by atoms with Crippen molar-refractivity contribution in [3.05, 3.63) is 11.5 Å². The number of H-pyrrole nitrogens is 1. The largest absolute Gasteiger partial charge is 0.341 e. The van der Waals surface area contributed by atoms with Gasteiger partial charge < -0.3 is 10.7 Å². The first kappa shape index (κ1) is 13.7. The Bertz CT molecular complexity index is 596. The zero-order chi connectivity index (χ0) is 14.0. The molecule has 1 atom stereocenters. The number of amides is 1. The van der Waals surface area contributed by atoms with Crippen LogP contribution in [0.25, 0.3) is 11.2 Å². The number of halogens is 1. The highest BCUT2D eigenvalue weighted by Gasteiger charge is 2.17. The van der Waals surface area contributed by atoms with Gasteiger partial charge in [-0.1, -0.05) is 25.4 Å². The van der Waals surface area contributed by atoms with Crippen LogP contribution in [0.3, 0.4) is 0 Å². The monoisotopic (exact) mass is 282 g/mol. The lowest BCUT2D eigenvalue weighted by Gasteiger charge is -2.13. The molecule has 0 aliphatic heterocycles. The van der Waals surface area contributed by atoms with Gasteiger partial charge in [-0.15, -0.1) is 0 Å². The lowest BCUT2D eigenvalue weighted by Crippen LogP contribution is -2.37. The second kappa shape index (κ2) is 5.50. The van der Waals surface area contributed by atoms with Gasteiger partial charge in [-0.3, -0.25) is 10.1 Å². The molecule has 0 bridgehead atoms. The van der Waals surface area contributed by atoms with Gasteiger partial charge in [0.25, 0.3) is 0 Å². The molecule has 0 fully saturated rings. The lowest BCUT2D eigenvalue weighted by molar-refractivity contribution is -0.117. The number of hydrogen-bond donors (Lipinski definition) is 3. The van der Waals surface area contributed by atoms with Crippen LogP contribution in [-0.2, 0) is 4.79 Å². The molecular weight excluding hydrogens is 268 g/mol. The predicted octanol–water partition coefficient (Wildman–Crippen LogP) is 1.32. The van der Waals surface area contributed by atoms with Crippen LogP contribution in [0.2, 0.25) is 5.15 Å². The lowest BCUT2D eigenvalue weighted by atomic mass is 10.0. The van der Waals surface area contributed by atoms with E-state index in [4.69, 9.17) is 17.3 Å². The van der Waals surface area contributed by atoms with Crippen LogP contribution in [-0.4, -0.2) is 31.9 Å². The van der Waals surface area contributed by atoms with Crippen LogP contribution < -0.4 is 11.1 Å². The van der Waals surface area contributed by atoms with Crippen LogP contribution in [0.1, 0.15) is 20.3 Å².